The molecule has 3 rings (SSSR count). The van der Waals surface area contributed by atoms with Crippen LogP contribution in [0.1, 0.15) is 15.9 Å². The summed E-state index contributed by atoms with van der Waals surface area (Å²) in [6.07, 6.45) is 1.36. The maximum Gasteiger partial charge on any atom is 0.255 e. The Morgan fingerprint density at radius 1 is 1.25 bits per heavy atom. The van der Waals surface area contributed by atoms with E-state index in [4.69, 9.17) is 16.0 Å². The normalized spacial score (nSPS) is 10.7. The van der Waals surface area contributed by atoms with Crippen LogP contribution in [0.2, 0.25) is 5.02 Å². The summed E-state index contributed by atoms with van der Waals surface area (Å²) in [5.74, 6) is -0.194. The van der Waals surface area contributed by atoms with Gasteiger partial charge in [-0.2, -0.15) is 0 Å². The summed E-state index contributed by atoms with van der Waals surface area (Å²) in [4.78, 5) is 16.2. The van der Waals surface area contributed by atoms with E-state index in [0.29, 0.717) is 21.7 Å². The van der Waals surface area contributed by atoms with Crippen LogP contribution >= 0.6 is 11.6 Å². The van der Waals surface area contributed by atoms with E-state index in [1.54, 1.807) is 36.4 Å². The van der Waals surface area contributed by atoms with E-state index < -0.39 is 0 Å². The minimum Gasteiger partial charge on any atom is -0.443 e. The summed E-state index contributed by atoms with van der Waals surface area (Å²) in [5.41, 5.74) is 3.49. The number of carbonyl (C=O) groups is 1. The average molecular weight is 287 g/mol. The molecule has 0 aliphatic heterocycles. The molecule has 0 radical (unpaired) electrons. The Morgan fingerprint density at radius 2 is 2.10 bits per heavy atom. The van der Waals surface area contributed by atoms with Gasteiger partial charge in [0.2, 0.25) is 0 Å². The Bertz CT molecular complexity index is 795. The second-order valence-electron chi connectivity index (χ2n) is 4.45. The van der Waals surface area contributed by atoms with Crippen molar-refractivity contribution in [1.82, 2.24) is 4.98 Å². The number of rotatable bonds is 2. The van der Waals surface area contributed by atoms with Crippen LogP contribution in [-0.2, 0) is 0 Å². The van der Waals surface area contributed by atoms with Gasteiger partial charge in [-0.15, -0.1) is 0 Å². The zero-order chi connectivity index (χ0) is 14.1. The molecule has 4 nitrogen and oxygen atoms in total. The number of aryl methyl sites for hydroxylation is 1. The number of amides is 1. The van der Waals surface area contributed by atoms with Crippen molar-refractivity contribution in [1.29, 1.82) is 0 Å². The van der Waals surface area contributed by atoms with Crippen LogP contribution in [0.3, 0.4) is 0 Å². The van der Waals surface area contributed by atoms with Gasteiger partial charge in [-0.25, -0.2) is 4.98 Å². The minimum absolute atomic E-state index is 0.194. The Labute approximate surface area is 120 Å². The largest absolute Gasteiger partial charge is 0.443 e. The number of benzene rings is 2. The molecule has 5 heteroatoms. The number of nitrogens with one attached hydrogen (secondary N) is 1. The molecule has 3 aromatic rings. The molecular weight excluding hydrogens is 276 g/mol. The lowest BCUT2D eigenvalue weighted by atomic mass is 10.1. The van der Waals surface area contributed by atoms with Gasteiger partial charge >= 0.3 is 0 Å². The van der Waals surface area contributed by atoms with Crippen LogP contribution in [0.25, 0.3) is 11.1 Å². The third kappa shape index (κ3) is 2.38. The molecule has 0 aliphatic rings. The molecule has 1 heterocycles. The third-order valence-corrected chi connectivity index (χ3v) is 3.26. The Hall–Kier alpha value is -2.33. The van der Waals surface area contributed by atoms with Crippen LogP contribution in [0.15, 0.2) is 47.2 Å². The van der Waals surface area contributed by atoms with Gasteiger partial charge in [-0.05, 0) is 48.9 Å². The quantitative estimate of drug-likeness (QED) is 0.773. The lowest BCUT2D eigenvalue weighted by Gasteiger charge is -2.08. The van der Waals surface area contributed by atoms with E-state index in [9.17, 15) is 4.79 Å². The number of aromatic nitrogens is 1. The maximum atomic E-state index is 12.2. The number of hydrogen-bond acceptors (Lipinski definition) is 3. The number of nitrogens with zero attached hydrogens (tertiary/aromatic N) is 1. The molecule has 0 unspecified atom stereocenters. The highest BCUT2D eigenvalue weighted by molar-refractivity contribution is 6.30. The highest BCUT2D eigenvalue weighted by Crippen LogP contribution is 2.21. The van der Waals surface area contributed by atoms with Gasteiger partial charge in [0.15, 0.2) is 12.0 Å². The molecule has 0 spiro atoms. The second-order valence-corrected chi connectivity index (χ2v) is 4.88. The number of anilines is 1. The zero-order valence-corrected chi connectivity index (χ0v) is 11.4. The van der Waals surface area contributed by atoms with Gasteiger partial charge in [-0.1, -0.05) is 11.6 Å². The topological polar surface area (TPSA) is 55.1 Å². The van der Waals surface area contributed by atoms with Gasteiger partial charge in [0.05, 0.1) is 0 Å². The third-order valence-electron chi connectivity index (χ3n) is 3.03. The number of halogens is 1. The Kier molecular flexibility index (Phi) is 3.16. The highest BCUT2D eigenvalue weighted by Gasteiger charge is 2.10. The second kappa shape index (κ2) is 4.98. The first-order chi connectivity index (χ1) is 9.63. The molecule has 0 fully saturated rings. The molecule has 1 aromatic heterocycles. The predicted molar refractivity (Wildman–Crippen MR) is 78.2 cm³/mol. The van der Waals surface area contributed by atoms with Crippen molar-refractivity contribution in [2.24, 2.45) is 0 Å². The first kappa shape index (κ1) is 12.7. The van der Waals surface area contributed by atoms with Crippen molar-refractivity contribution in [3.63, 3.8) is 0 Å². The van der Waals surface area contributed by atoms with E-state index in [2.05, 4.69) is 10.3 Å². The summed E-state index contributed by atoms with van der Waals surface area (Å²) in [6, 6.07) is 10.5. The van der Waals surface area contributed by atoms with E-state index >= 15 is 0 Å². The molecule has 0 aliphatic carbocycles. The van der Waals surface area contributed by atoms with E-state index in [1.807, 2.05) is 6.92 Å². The van der Waals surface area contributed by atoms with E-state index in [-0.39, 0.29) is 5.91 Å². The van der Waals surface area contributed by atoms with Gasteiger partial charge in [-0.3, -0.25) is 4.79 Å². The highest BCUT2D eigenvalue weighted by atomic mass is 35.5. The van der Waals surface area contributed by atoms with Crippen LogP contribution in [0.4, 0.5) is 5.69 Å². The molecule has 0 bridgehead atoms. The van der Waals surface area contributed by atoms with Crippen LogP contribution in [0.5, 0.6) is 0 Å². The van der Waals surface area contributed by atoms with E-state index in [0.717, 1.165) is 11.3 Å². The van der Waals surface area contributed by atoms with Crippen molar-refractivity contribution >= 4 is 34.3 Å². The number of hydrogen-bond donors (Lipinski definition) is 1. The fourth-order valence-electron chi connectivity index (χ4n) is 1.96. The fourth-order valence-corrected chi connectivity index (χ4v) is 2.19. The van der Waals surface area contributed by atoms with Gasteiger partial charge in [0, 0.05) is 16.3 Å². The molecule has 0 atom stereocenters. The molecular formula is C15H11ClN2O2. The molecule has 2 aromatic carbocycles. The Morgan fingerprint density at radius 3 is 2.90 bits per heavy atom. The van der Waals surface area contributed by atoms with Crippen molar-refractivity contribution in [2.45, 2.75) is 6.92 Å². The maximum absolute atomic E-state index is 12.2. The lowest BCUT2D eigenvalue weighted by molar-refractivity contribution is 0.102. The monoisotopic (exact) mass is 286 g/mol. The smallest absolute Gasteiger partial charge is 0.255 e. The SMILES string of the molecule is Cc1cc(Cl)ccc1NC(=O)c1ccc2ocnc2c1. The number of carbonyl (C=O) groups excluding carboxylic acids is 1. The molecule has 0 saturated heterocycles. The van der Waals surface area contributed by atoms with Crippen molar-refractivity contribution in [3.8, 4) is 0 Å². The minimum atomic E-state index is -0.194. The van der Waals surface area contributed by atoms with Crippen molar-refractivity contribution < 1.29 is 9.21 Å². The summed E-state index contributed by atoms with van der Waals surface area (Å²) in [6.45, 7) is 1.89. The van der Waals surface area contributed by atoms with Crippen molar-refractivity contribution in [2.75, 3.05) is 5.32 Å². The van der Waals surface area contributed by atoms with Crippen molar-refractivity contribution in [3.05, 3.63) is 58.9 Å². The first-order valence-corrected chi connectivity index (χ1v) is 6.42. The molecule has 20 heavy (non-hydrogen) atoms. The van der Waals surface area contributed by atoms with Gasteiger partial charge in [0.1, 0.15) is 5.52 Å². The first-order valence-electron chi connectivity index (χ1n) is 6.04. The Balaban J connectivity index is 1.88. The van der Waals surface area contributed by atoms with E-state index in [1.165, 1.54) is 6.39 Å². The average Bonchev–Trinajstić information content (AvgIpc) is 2.89. The zero-order valence-electron chi connectivity index (χ0n) is 10.7. The predicted octanol–water partition coefficient (Wildman–Crippen LogP) is 4.04. The van der Waals surface area contributed by atoms with Crippen LogP contribution in [0, 0.1) is 6.92 Å². The van der Waals surface area contributed by atoms with Crippen LogP contribution in [-0.4, -0.2) is 10.9 Å². The van der Waals surface area contributed by atoms with Gasteiger partial charge < -0.3 is 9.73 Å². The molecule has 100 valence electrons. The molecule has 1 amide bonds. The molecule has 1 N–H and O–H groups in total. The fraction of sp³-hybridized carbons (Fsp3) is 0.0667. The summed E-state index contributed by atoms with van der Waals surface area (Å²) < 4.78 is 5.15. The summed E-state index contributed by atoms with van der Waals surface area (Å²) >= 11 is 5.89. The summed E-state index contributed by atoms with van der Waals surface area (Å²) in [5, 5.41) is 3.50. The summed E-state index contributed by atoms with van der Waals surface area (Å²) in [7, 11) is 0. The standard InChI is InChI=1S/C15H11ClN2O2/c1-9-6-11(16)3-4-12(9)18-15(19)10-2-5-14-13(7-10)17-8-20-14/h2-8H,1H3,(H,18,19). The molecule has 0 saturated carbocycles. The lowest BCUT2D eigenvalue weighted by Crippen LogP contribution is -2.12. The number of fused-ring (bicyclic) bond motifs is 1. The van der Waals surface area contributed by atoms with Crippen LogP contribution < -0.4 is 5.32 Å². The number of oxazole rings is 1. The van der Waals surface area contributed by atoms with Gasteiger partial charge in [0.25, 0.3) is 5.91 Å².